The first kappa shape index (κ1) is 14.5. The number of alkyl halides is 1. The lowest BCUT2D eigenvalue weighted by Gasteiger charge is -2.28. The lowest BCUT2D eigenvalue weighted by Crippen LogP contribution is -2.37. The second-order valence-electron chi connectivity index (χ2n) is 4.68. The molecule has 1 saturated heterocycles. The molecule has 0 aromatic carbocycles. The highest BCUT2D eigenvalue weighted by Crippen LogP contribution is 2.14. The van der Waals surface area contributed by atoms with E-state index in [9.17, 15) is 4.79 Å². The van der Waals surface area contributed by atoms with Crippen molar-refractivity contribution in [3.05, 3.63) is 38.7 Å². The van der Waals surface area contributed by atoms with Crippen LogP contribution in [0.15, 0.2) is 22.4 Å². The molecule has 1 fully saturated rings. The highest BCUT2D eigenvalue weighted by Gasteiger charge is 2.13. The van der Waals surface area contributed by atoms with Crippen molar-refractivity contribution in [3.8, 4) is 0 Å². The Morgan fingerprint density at radius 3 is 2.86 bits per heavy atom. The van der Waals surface area contributed by atoms with Crippen molar-refractivity contribution >= 4 is 28.6 Å². The predicted molar refractivity (Wildman–Crippen MR) is 82.3 cm³/mol. The fraction of sp³-hybridized carbons (Fsp3) is 0.462. The number of aromatic nitrogens is 3. The van der Waals surface area contributed by atoms with Crippen LogP contribution >= 0.6 is 22.9 Å². The summed E-state index contributed by atoms with van der Waals surface area (Å²) >= 11 is 7.21. The Labute approximate surface area is 130 Å². The van der Waals surface area contributed by atoms with Crippen LogP contribution in [-0.4, -0.2) is 41.1 Å². The second kappa shape index (κ2) is 6.55. The van der Waals surface area contributed by atoms with Crippen LogP contribution in [0.25, 0.3) is 0 Å². The lowest BCUT2D eigenvalue weighted by molar-refractivity contribution is 0.122. The molecule has 21 heavy (non-hydrogen) atoms. The maximum Gasteiger partial charge on any atom is 0.269 e. The van der Waals surface area contributed by atoms with Crippen molar-refractivity contribution in [2.75, 3.05) is 31.2 Å². The van der Waals surface area contributed by atoms with Gasteiger partial charge in [0.15, 0.2) is 0 Å². The monoisotopic (exact) mass is 326 g/mol. The number of hydrogen-bond acceptors (Lipinski definition) is 6. The summed E-state index contributed by atoms with van der Waals surface area (Å²) in [6, 6.07) is 1.62. The number of ether oxygens (including phenoxy) is 1. The molecule has 2 aromatic heterocycles. The van der Waals surface area contributed by atoms with E-state index in [1.165, 1.54) is 16.0 Å². The minimum absolute atomic E-state index is 0.124. The molecule has 6 nitrogen and oxygen atoms in total. The molecule has 0 radical (unpaired) electrons. The fourth-order valence-electron chi connectivity index (χ4n) is 2.15. The van der Waals surface area contributed by atoms with Crippen LogP contribution in [0.3, 0.4) is 0 Å². The molecule has 0 bridgehead atoms. The van der Waals surface area contributed by atoms with Gasteiger partial charge in [-0.25, -0.2) is 9.67 Å². The SMILES string of the molecule is O=c1cc(N2CCOCC2)cnn1Cc1nc(CCl)cs1. The molecule has 3 heterocycles. The first-order valence-corrected chi connectivity index (χ1v) is 8.07. The number of hydrogen-bond donors (Lipinski definition) is 0. The Bertz CT molecular complexity index is 666. The Balaban J connectivity index is 1.76. The molecular formula is C13H15ClN4O2S. The zero-order valence-corrected chi connectivity index (χ0v) is 12.9. The molecule has 1 aliphatic heterocycles. The molecule has 8 heteroatoms. The number of anilines is 1. The predicted octanol–water partition coefficient (Wildman–Crippen LogP) is 1.32. The molecule has 0 spiro atoms. The molecule has 0 N–H and O–H groups in total. The number of rotatable bonds is 4. The van der Waals surface area contributed by atoms with E-state index >= 15 is 0 Å². The zero-order valence-electron chi connectivity index (χ0n) is 11.4. The summed E-state index contributed by atoms with van der Waals surface area (Å²) in [5, 5.41) is 6.97. The van der Waals surface area contributed by atoms with Crippen molar-refractivity contribution in [1.82, 2.24) is 14.8 Å². The van der Waals surface area contributed by atoms with E-state index in [-0.39, 0.29) is 5.56 Å². The molecule has 0 aliphatic carbocycles. The normalized spacial score (nSPS) is 15.4. The standard InChI is InChI=1S/C13H15ClN4O2S/c14-6-10-9-21-12(16-10)8-18-13(19)5-11(7-15-18)17-1-3-20-4-2-17/h5,7,9H,1-4,6,8H2. The van der Waals surface area contributed by atoms with E-state index in [1.807, 2.05) is 5.38 Å². The van der Waals surface area contributed by atoms with Gasteiger partial charge in [0.05, 0.1) is 43.2 Å². The van der Waals surface area contributed by atoms with Gasteiger partial charge in [-0.1, -0.05) is 0 Å². The smallest absolute Gasteiger partial charge is 0.269 e. The summed E-state index contributed by atoms with van der Waals surface area (Å²) in [4.78, 5) is 18.6. The van der Waals surface area contributed by atoms with Gasteiger partial charge in [-0.15, -0.1) is 22.9 Å². The third kappa shape index (κ3) is 3.42. The Hall–Kier alpha value is -1.44. The number of halogens is 1. The van der Waals surface area contributed by atoms with Gasteiger partial charge in [-0.2, -0.15) is 5.10 Å². The van der Waals surface area contributed by atoms with Crippen LogP contribution in [0.1, 0.15) is 10.7 Å². The Morgan fingerprint density at radius 1 is 1.38 bits per heavy atom. The number of thiazole rings is 1. The molecular weight excluding hydrogens is 312 g/mol. The topological polar surface area (TPSA) is 60.3 Å². The van der Waals surface area contributed by atoms with Crippen LogP contribution in [0.2, 0.25) is 0 Å². The van der Waals surface area contributed by atoms with Crippen LogP contribution in [0.4, 0.5) is 5.69 Å². The van der Waals surface area contributed by atoms with Gasteiger partial charge in [0.2, 0.25) is 0 Å². The van der Waals surface area contributed by atoms with Gasteiger partial charge in [0.25, 0.3) is 5.56 Å². The third-order valence-corrected chi connectivity index (χ3v) is 4.41. The third-order valence-electron chi connectivity index (χ3n) is 3.25. The summed E-state index contributed by atoms with van der Waals surface area (Å²) in [6.07, 6.45) is 1.72. The van der Waals surface area contributed by atoms with E-state index < -0.39 is 0 Å². The summed E-state index contributed by atoms with van der Waals surface area (Å²) < 4.78 is 6.72. The van der Waals surface area contributed by atoms with Crippen molar-refractivity contribution in [2.24, 2.45) is 0 Å². The van der Waals surface area contributed by atoms with Crippen molar-refractivity contribution < 1.29 is 4.74 Å². The van der Waals surface area contributed by atoms with Gasteiger partial charge in [0.1, 0.15) is 5.01 Å². The molecule has 112 valence electrons. The molecule has 0 unspecified atom stereocenters. The minimum Gasteiger partial charge on any atom is -0.378 e. The van der Waals surface area contributed by atoms with Crippen molar-refractivity contribution in [1.29, 1.82) is 0 Å². The molecule has 1 aliphatic rings. The van der Waals surface area contributed by atoms with E-state index in [1.54, 1.807) is 12.3 Å². The first-order valence-electron chi connectivity index (χ1n) is 6.65. The molecule has 0 atom stereocenters. The highest BCUT2D eigenvalue weighted by molar-refractivity contribution is 7.09. The van der Waals surface area contributed by atoms with Gasteiger partial charge in [-0.05, 0) is 0 Å². The summed E-state index contributed by atoms with van der Waals surface area (Å²) in [5.41, 5.74) is 1.55. The fourth-order valence-corrected chi connectivity index (χ4v) is 3.15. The number of nitrogens with zero attached hydrogens (tertiary/aromatic N) is 4. The van der Waals surface area contributed by atoms with Gasteiger partial charge >= 0.3 is 0 Å². The molecule has 3 rings (SSSR count). The minimum atomic E-state index is -0.124. The van der Waals surface area contributed by atoms with E-state index in [4.69, 9.17) is 16.3 Å². The Morgan fingerprint density at radius 2 is 2.19 bits per heavy atom. The first-order chi connectivity index (χ1) is 10.3. The quantitative estimate of drug-likeness (QED) is 0.793. The van der Waals surface area contributed by atoms with Crippen LogP contribution < -0.4 is 10.5 Å². The van der Waals surface area contributed by atoms with Crippen LogP contribution in [0, 0.1) is 0 Å². The van der Waals surface area contributed by atoms with Gasteiger partial charge in [-0.3, -0.25) is 4.79 Å². The maximum atomic E-state index is 12.2. The average molecular weight is 327 g/mol. The van der Waals surface area contributed by atoms with Crippen molar-refractivity contribution in [3.63, 3.8) is 0 Å². The summed E-state index contributed by atoms with van der Waals surface area (Å²) in [7, 11) is 0. The van der Waals surface area contributed by atoms with Gasteiger partial charge < -0.3 is 9.64 Å². The lowest BCUT2D eigenvalue weighted by atomic mass is 10.3. The van der Waals surface area contributed by atoms with Crippen LogP contribution in [0.5, 0.6) is 0 Å². The zero-order chi connectivity index (χ0) is 14.7. The molecule has 2 aromatic rings. The maximum absolute atomic E-state index is 12.2. The number of morpholine rings is 1. The average Bonchev–Trinajstić information content (AvgIpc) is 2.98. The van der Waals surface area contributed by atoms with E-state index in [2.05, 4.69) is 15.0 Å². The van der Waals surface area contributed by atoms with E-state index in [0.717, 1.165) is 29.5 Å². The van der Waals surface area contributed by atoms with Crippen LogP contribution in [-0.2, 0) is 17.2 Å². The second-order valence-corrected chi connectivity index (χ2v) is 5.89. The summed E-state index contributed by atoms with van der Waals surface area (Å²) in [6.45, 7) is 3.32. The van der Waals surface area contributed by atoms with E-state index in [0.29, 0.717) is 25.6 Å². The summed E-state index contributed by atoms with van der Waals surface area (Å²) in [5.74, 6) is 0.384. The molecule has 0 amide bonds. The molecule has 0 saturated carbocycles. The highest BCUT2D eigenvalue weighted by atomic mass is 35.5. The Kier molecular flexibility index (Phi) is 4.52. The van der Waals surface area contributed by atoms with Crippen molar-refractivity contribution in [2.45, 2.75) is 12.4 Å². The largest absolute Gasteiger partial charge is 0.378 e. The van der Waals surface area contributed by atoms with Gasteiger partial charge in [0, 0.05) is 24.5 Å².